The Morgan fingerprint density at radius 1 is 1.00 bits per heavy atom. The molecule has 0 radical (unpaired) electrons. The van der Waals surface area contributed by atoms with Crippen LogP contribution in [0.25, 0.3) is 22.0 Å². The van der Waals surface area contributed by atoms with Gasteiger partial charge in [0.25, 0.3) is 0 Å². The first-order chi connectivity index (χ1) is 12.9. The molecule has 0 fully saturated rings. The van der Waals surface area contributed by atoms with E-state index in [0.29, 0.717) is 12.0 Å². The van der Waals surface area contributed by atoms with Crippen LogP contribution in [0.5, 0.6) is 0 Å². The Labute approximate surface area is 166 Å². The van der Waals surface area contributed by atoms with Gasteiger partial charge in [-0.3, -0.25) is 0 Å². The van der Waals surface area contributed by atoms with E-state index in [9.17, 15) is 0 Å². The lowest BCUT2D eigenvalue weighted by molar-refractivity contribution is -0.665. The maximum absolute atomic E-state index is 8.77. The Morgan fingerprint density at radius 3 is 2.26 bits per heavy atom. The highest BCUT2D eigenvalue weighted by Crippen LogP contribution is 2.34. The first-order valence-electron chi connectivity index (χ1n) is 10.5. The van der Waals surface area contributed by atoms with E-state index in [1.54, 1.807) is 0 Å². The van der Waals surface area contributed by atoms with E-state index in [2.05, 4.69) is 97.3 Å². The van der Waals surface area contributed by atoms with E-state index in [-0.39, 0.29) is 5.41 Å². The number of hydrogen-bond donors (Lipinski definition) is 0. The second kappa shape index (κ2) is 6.78. The summed E-state index contributed by atoms with van der Waals surface area (Å²) in [5.41, 5.74) is 8.85. The van der Waals surface area contributed by atoms with Gasteiger partial charge in [-0.15, -0.1) is 0 Å². The standard InChI is InChI=1S/C26H34N/c1-16(2)20-12-17(3)19(5)24(15-20)25-23-11-10-22(26(6,7)8)14-21(23)13-18(4)27(25)9/h10-16H,1-9H3/q+1/i13D. The first kappa shape index (κ1) is 18.2. The van der Waals surface area contributed by atoms with Crippen molar-refractivity contribution in [3.05, 3.63) is 64.3 Å². The number of pyridine rings is 1. The van der Waals surface area contributed by atoms with Gasteiger partial charge < -0.3 is 0 Å². The number of aryl methyl sites for hydroxylation is 1. The molecule has 0 aliphatic rings. The average Bonchev–Trinajstić information content (AvgIpc) is 2.62. The summed E-state index contributed by atoms with van der Waals surface area (Å²) in [7, 11) is 2.09. The van der Waals surface area contributed by atoms with Crippen molar-refractivity contribution in [2.24, 2.45) is 7.05 Å². The number of benzene rings is 2. The lowest BCUT2D eigenvalue weighted by Crippen LogP contribution is -2.35. The van der Waals surface area contributed by atoms with Crippen LogP contribution in [-0.2, 0) is 12.5 Å². The van der Waals surface area contributed by atoms with Crippen molar-refractivity contribution in [1.82, 2.24) is 0 Å². The van der Waals surface area contributed by atoms with Crippen molar-refractivity contribution in [2.75, 3.05) is 0 Å². The maximum atomic E-state index is 8.77. The molecule has 142 valence electrons. The number of rotatable bonds is 2. The van der Waals surface area contributed by atoms with Gasteiger partial charge in [0.05, 0.1) is 12.3 Å². The number of fused-ring (bicyclic) bond motifs is 1. The number of hydrogen-bond acceptors (Lipinski definition) is 0. The van der Waals surface area contributed by atoms with Crippen LogP contribution in [0.2, 0.25) is 0 Å². The van der Waals surface area contributed by atoms with Gasteiger partial charge in [-0.05, 0) is 65.0 Å². The molecule has 3 aromatic rings. The largest absolute Gasteiger partial charge is 0.220 e. The number of aromatic nitrogens is 1. The average molecular weight is 362 g/mol. The molecule has 0 aliphatic heterocycles. The normalized spacial score (nSPS) is 12.7. The Bertz CT molecular complexity index is 1070. The summed E-state index contributed by atoms with van der Waals surface area (Å²) in [4.78, 5) is 0. The molecule has 2 aromatic carbocycles. The van der Waals surface area contributed by atoms with Crippen molar-refractivity contribution in [2.45, 2.75) is 66.7 Å². The monoisotopic (exact) mass is 361 g/mol. The van der Waals surface area contributed by atoms with Crippen LogP contribution >= 0.6 is 0 Å². The van der Waals surface area contributed by atoms with Crippen molar-refractivity contribution in [3.63, 3.8) is 0 Å². The molecule has 1 nitrogen and oxygen atoms in total. The van der Waals surface area contributed by atoms with E-state index < -0.39 is 0 Å². The molecule has 0 saturated carbocycles. The van der Waals surface area contributed by atoms with Crippen LogP contribution in [0.3, 0.4) is 0 Å². The van der Waals surface area contributed by atoms with Gasteiger partial charge >= 0.3 is 0 Å². The van der Waals surface area contributed by atoms with Crippen molar-refractivity contribution in [1.29, 1.82) is 0 Å². The Kier molecular flexibility index (Phi) is 4.58. The van der Waals surface area contributed by atoms with Gasteiger partial charge in [0, 0.05) is 13.0 Å². The minimum absolute atomic E-state index is 0.0663. The third-order valence-electron chi connectivity index (χ3n) is 5.91. The van der Waals surface area contributed by atoms with Gasteiger partial charge in [0.1, 0.15) is 7.05 Å². The minimum atomic E-state index is 0.0663. The summed E-state index contributed by atoms with van der Waals surface area (Å²) >= 11 is 0. The smallest absolute Gasteiger partial charge is 0.198 e. The molecule has 1 heterocycles. The molecule has 0 spiro atoms. The van der Waals surface area contributed by atoms with Crippen molar-refractivity contribution in [3.8, 4) is 11.3 Å². The summed E-state index contributed by atoms with van der Waals surface area (Å²) < 4.78 is 11.0. The Hall–Kier alpha value is -2.15. The highest BCUT2D eigenvalue weighted by Gasteiger charge is 2.23. The molecule has 0 aliphatic carbocycles. The minimum Gasteiger partial charge on any atom is -0.198 e. The molecule has 1 heteroatoms. The molecule has 1 aromatic heterocycles. The van der Waals surface area contributed by atoms with Crippen LogP contribution in [0.1, 0.15) is 69.9 Å². The van der Waals surface area contributed by atoms with Gasteiger partial charge in [0.15, 0.2) is 5.69 Å². The quantitative estimate of drug-likeness (QED) is 0.448. The zero-order valence-corrected chi connectivity index (χ0v) is 18.4. The molecule has 0 N–H and O–H groups in total. The highest BCUT2D eigenvalue weighted by atomic mass is 14.9. The van der Waals surface area contributed by atoms with E-state index in [1.165, 1.54) is 33.5 Å². The van der Waals surface area contributed by atoms with Crippen LogP contribution in [0, 0.1) is 20.8 Å². The molecule has 3 rings (SSSR count). The van der Waals surface area contributed by atoms with Crippen molar-refractivity contribution < 1.29 is 5.94 Å². The first-order valence-corrected chi connectivity index (χ1v) is 9.98. The zero-order valence-electron chi connectivity index (χ0n) is 19.4. The maximum Gasteiger partial charge on any atom is 0.220 e. The van der Waals surface area contributed by atoms with Crippen LogP contribution in [0.15, 0.2) is 36.4 Å². The fourth-order valence-electron chi connectivity index (χ4n) is 3.74. The second-order valence-electron chi connectivity index (χ2n) is 9.29. The SMILES string of the molecule is [2H]c1c(C)[n+](C)c(-c2cc(C(C)C)cc(C)c2C)c2ccc(C(C)(C)C)cc12. The fourth-order valence-corrected chi connectivity index (χ4v) is 3.74. The predicted octanol–water partition coefficient (Wildman–Crippen LogP) is 6.68. The van der Waals surface area contributed by atoms with Gasteiger partial charge in [-0.2, -0.15) is 4.57 Å². The molecule has 0 unspecified atom stereocenters. The molecular weight excluding hydrogens is 326 g/mol. The third-order valence-corrected chi connectivity index (χ3v) is 5.91. The summed E-state index contributed by atoms with van der Waals surface area (Å²) in [6, 6.07) is 12.0. The van der Waals surface area contributed by atoms with Gasteiger partial charge in [-0.25, -0.2) is 0 Å². The van der Waals surface area contributed by atoms with E-state index in [4.69, 9.17) is 1.37 Å². The summed E-state index contributed by atoms with van der Waals surface area (Å²) in [5, 5.41) is 2.21. The van der Waals surface area contributed by atoms with Crippen LogP contribution in [0.4, 0.5) is 0 Å². The number of nitrogens with zero attached hydrogens (tertiary/aromatic N) is 1. The molecular formula is C26H34N+. The molecule has 0 saturated heterocycles. The van der Waals surface area contributed by atoms with Gasteiger partial charge in [-0.1, -0.05) is 52.8 Å². The second-order valence-corrected chi connectivity index (χ2v) is 9.29. The van der Waals surface area contributed by atoms with E-state index in [1.807, 2.05) is 0 Å². The van der Waals surface area contributed by atoms with E-state index >= 15 is 0 Å². The summed E-state index contributed by atoms with van der Waals surface area (Å²) in [5.74, 6) is 0.485. The summed E-state index contributed by atoms with van der Waals surface area (Å²) in [6.07, 6.45) is 0. The predicted molar refractivity (Wildman–Crippen MR) is 118 cm³/mol. The molecule has 0 atom stereocenters. The fraction of sp³-hybridized carbons (Fsp3) is 0.423. The molecule has 0 bridgehead atoms. The lowest BCUT2D eigenvalue weighted by atomic mass is 9.85. The lowest BCUT2D eigenvalue weighted by Gasteiger charge is -2.20. The Morgan fingerprint density at radius 2 is 1.67 bits per heavy atom. The molecule has 27 heavy (non-hydrogen) atoms. The van der Waals surface area contributed by atoms with E-state index in [0.717, 1.165) is 16.5 Å². The zero-order chi connectivity index (χ0) is 21.0. The topological polar surface area (TPSA) is 3.88 Å². The Balaban J connectivity index is 2.46. The van der Waals surface area contributed by atoms with Gasteiger partial charge in [0.2, 0.25) is 5.69 Å². The summed E-state index contributed by atoms with van der Waals surface area (Å²) in [6.45, 7) is 17.7. The van der Waals surface area contributed by atoms with Crippen LogP contribution < -0.4 is 4.57 Å². The highest BCUT2D eigenvalue weighted by molar-refractivity contribution is 5.94. The third kappa shape index (κ3) is 3.52. The molecule has 0 amide bonds. The van der Waals surface area contributed by atoms with Crippen molar-refractivity contribution >= 4 is 10.8 Å². The van der Waals surface area contributed by atoms with Crippen LogP contribution in [-0.4, -0.2) is 0 Å².